The molecule has 0 spiro atoms. The molecule has 1 aromatic heterocycles. The van der Waals surface area contributed by atoms with Crippen LogP contribution in [0.3, 0.4) is 0 Å². The maximum Gasteiger partial charge on any atom is 0.272 e. The van der Waals surface area contributed by atoms with Gasteiger partial charge in [-0.3, -0.25) is 4.79 Å². The first-order valence-electron chi connectivity index (χ1n) is 6.17. The summed E-state index contributed by atoms with van der Waals surface area (Å²) in [6.07, 6.45) is 0. The third-order valence-corrected chi connectivity index (χ3v) is 3.25. The molecule has 20 heavy (non-hydrogen) atoms. The van der Waals surface area contributed by atoms with E-state index < -0.39 is 0 Å². The second-order valence-electron chi connectivity index (χ2n) is 4.44. The van der Waals surface area contributed by atoms with Gasteiger partial charge in [0.25, 0.3) is 5.56 Å². The van der Waals surface area contributed by atoms with E-state index >= 15 is 0 Å². The summed E-state index contributed by atoms with van der Waals surface area (Å²) in [6.45, 7) is 0.228. The topological polar surface area (TPSA) is 71.8 Å². The van der Waals surface area contributed by atoms with E-state index in [2.05, 4.69) is 10.2 Å². The molecule has 0 aliphatic rings. The highest BCUT2D eigenvalue weighted by Gasteiger charge is 2.09. The smallest absolute Gasteiger partial charge is 0.272 e. The highest BCUT2D eigenvalue weighted by atomic mass is 19.1. The maximum atomic E-state index is 13.8. The number of benzene rings is 2. The molecule has 5 heteroatoms. The molecule has 0 amide bonds. The number of rotatable bonds is 2. The summed E-state index contributed by atoms with van der Waals surface area (Å²) in [5.41, 5.74) is 7.00. The molecular formula is C15H12FN3O. The summed E-state index contributed by atoms with van der Waals surface area (Å²) in [7, 11) is 0. The van der Waals surface area contributed by atoms with Gasteiger partial charge in [0.05, 0.1) is 11.1 Å². The molecule has 0 aliphatic carbocycles. The highest BCUT2D eigenvalue weighted by Crippen LogP contribution is 2.25. The minimum Gasteiger partial charge on any atom is -0.325 e. The molecule has 2 aromatic carbocycles. The molecule has 0 radical (unpaired) electrons. The van der Waals surface area contributed by atoms with Crippen LogP contribution in [0.25, 0.3) is 21.9 Å². The van der Waals surface area contributed by atoms with Crippen molar-refractivity contribution in [2.24, 2.45) is 5.73 Å². The highest BCUT2D eigenvalue weighted by molar-refractivity contribution is 5.88. The fourth-order valence-corrected chi connectivity index (χ4v) is 2.24. The van der Waals surface area contributed by atoms with Gasteiger partial charge < -0.3 is 5.73 Å². The van der Waals surface area contributed by atoms with Gasteiger partial charge in [-0.1, -0.05) is 30.3 Å². The van der Waals surface area contributed by atoms with Gasteiger partial charge in [-0.2, -0.15) is 5.10 Å². The van der Waals surface area contributed by atoms with Gasteiger partial charge >= 0.3 is 0 Å². The molecule has 3 aromatic rings. The Kier molecular flexibility index (Phi) is 3.04. The molecule has 0 saturated heterocycles. The molecule has 4 nitrogen and oxygen atoms in total. The Morgan fingerprint density at radius 3 is 2.70 bits per heavy atom. The van der Waals surface area contributed by atoms with Crippen molar-refractivity contribution in [2.75, 3.05) is 0 Å². The Morgan fingerprint density at radius 1 is 1.15 bits per heavy atom. The molecule has 0 unspecified atom stereocenters. The van der Waals surface area contributed by atoms with Gasteiger partial charge in [-0.25, -0.2) is 9.49 Å². The van der Waals surface area contributed by atoms with Crippen LogP contribution in [0.15, 0.2) is 47.3 Å². The lowest BCUT2D eigenvalue weighted by atomic mass is 10.0. The average Bonchev–Trinajstić information content (AvgIpc) is 2.48. The first kappa shape index (κ1) is 12.5. The third kappa shape index (κ3) is 1.98. The fraction of sp³-hybridized carbons (Fsp3) is 0.0667. The summed E-state index contributed by atoms with van der Waals surface area (Å²) in [5, 5.41) is 7.47. The van der Waals surface area contributed by atoms with Crippen LogP contribution in [0.4, 0.5) is 4.39 Å². The van der Waals surface area contributed by atoms with Crippen LogP contribution in [0.2, 0.25) is 0 Å². The molecule has 0 atom stereocenters. The summed E-state index contributed by atoms with van der Waals surface area (Å²) in [6, 6.07) is 11.6. The van der Waals surface area contributed by atoms with Gasteiger partial charge in [0, 0.05) is 17.5 Å². The van der Waals surface area contributed by atoms with Crippen LogP contribution in [0, 0.1) is 5.82 Å². The van der Waals surface area contributed by atoms with E-state index in [-0.39, 0.29) is 17.9 Å². The van der Waals surface area contributed by atoms with Gasteiger partial charge in [0.15, 0.2) is 0 Å². The quantitative estimate of drug-likeness (QED) is 0.749. The number of nitrogens with zero attached hydrogens (tertiary/aromatic N) is 1. The lowest BCUT2D eigenvalue weighted by Gasteiger charge is -2.06. The van der Waals surface area contributed by atoms with Crippen LogP contribution in [0.1, 0.15) is 5.69 Å². The Balaban J connectivity index is 2.29. The van der Waals surface area contributed by atoms with Crippen molar-refractivity contribution in [3.8, 4) is 11.1 Å². The van der Waals surface area contributed by atoms with Crippen molar-refractivity contribution in [3.63, 3.8) is 0 Å². The van der Waals surface area contributed by atoms with E-state index in [0.717, 1.165) is 0 Å². The van der Waals surface area contributed by atoms with Crippen LogP contribution < -0.4 is 11.3 Å². The predicted octanol–water partition coefficient (Wildman–Crippen LogP) is 2.19. The number of aromatic nitrogens is 2. The van der Waals surface area contributed by atoms with E-state index in [4.69, 9.17) is 5.73 Å². The van der Waals surface area contributed by atoms with Crippen LogP contribution in [0.5, 0.6) is 0 Å². The summed E-state index contributed by atoms with van der Waals surface area (Å²) < 4.78 is 13.8. The molecule has 3 rings (SSSR count). The minimum atomic E-state index is -0.323. The fourth-order valence-electron chi connectivity index (χ4n) is 2.24. The second kappa shape index (κ2) is 4.86. The lowest BCUT2D eigenvalue weighted by molar-refractivity contribution is 0.631. The number of hydrogen-bond acceptors (Lipinski definition) is 3. The van der Waals surface area contributed by atoms with E-state index in [9.17, 15) is 9.18 Å². The number of hydrogen-bond donors (Lipinski definition) is 2. The maximum absolute atomic E-state index is 13.8. The van der Waals surface area contributed by atoms with E-state index in [1.807, 2.05) is 0 Å². The zero-order valence-electron chi connectivity index (χ0n) is 10.6. The first-order chi connectivity index (χ1) is 9.70. The Bertz CT molecular complexity index is 842. The number of nitrogens with one attached hydrogen (secondary N) is 1. The van der Waals surface area contributed by atoms with Crippen molar-refractivity contribution in [2.45, 2.75) is 6.54 Å². The predicted molar refractivity (Wildman–Crippen MR) is 75.6 cm³/mol. The zero-order valence-corrected chi connectivity index (χ0v) is 10.6. The third-order valence-electron chi connectivity index (χ3n) is 3.25. The normalized spacial score (nSPS) is 10.9. The SMILES string of the molecule is NCc1n[nH]c(=O)c2cc(-c3ccccc3F)ccc12. The molecule has 0 aliphatic heterocycles. The number of nitrogens with two attached hydrogens (primary N) is 1. The summed E-state index contributed by atoms with van der Waals surface area (Å²) >= 11 is 0. The van der Waals surface area contributed by atoms with E-state index in [1.54, 1.807) is 36.4 Å². The van der Waals surface area contributed by atoms with Crippen LogP contribution in [-0.4, -0.2) is 10.2 Å². The molecule has 100 valence electrons. The van der Waals surface area contributed by atoms with Gasteiger partial charge in [0.2, 0.25) is 0 Å². The van der Waals surface area contributed by atoms with Crippen molar-refractivity contribution < 1.29 is 4.39 Å². The minimum absolute atomic E-state index is 0.228. The first-order valence-corrected chi connectivity index (χ1v) is 6.17. The van der Waals surface area contributed by atoms with Crippen molar-refractivity contribution in [1.29, 1.82) is 0 Å². The lowest BCUT2D eigenvalue weighted by Crippen LogP contribution is -2.13. The Morgan fingerprint density at radius 2 is 1.95 bits per heavy atom. The van der Waals surface area contributed by atoms with E-state index in [0.29, 0.717) is 27.6 Å². The standard InChI is InChI=1S/C15H12FN3O/c16-13-4-2-1-3-10(13)9-5-6-11-12(7-9)15(20)19-18-14(11)8-17/h1-7H,8,17H2,(H,19,20). The van der Waals surface area contributed by atoms with Gasteiger partial charge in [0.1, 0.15) is 5.82 Å². The molecule has 1 heterocycles. The van der Waals surface area contributed by atoms with Crippen LogP contribution in [-0.2, 0) is 6.54 Å². The van der Waals surface area contributed by atoms with Gasteiger partial charge in [-0.15, -0.1) is 0 Å². The summed E-state index contributed by atoms with van der Waals surface area (Å²) in [5.74, 6) is -0.323. The number of H-pyrrole nitrogens is 1. The molecule has 0 saturated carbocycles. The van der Waals surface area contributed by atoms with Gasteiger partial charge in [-0.05, 0) is 17.7 Å². The largest absolute Gasteiger partial charge is 0.325 e. The van der Waals surface area contributed by atoms with Crippen molar-refractivity contribution in [1.82, 2.24) is 10.2 Å². The molecule has 0 bridgehead atoms. The summed E-state index contributed by atoms with van der Waals surface area (Å²) in [4.78, 5) is 11.9. The Labute approximate surface area is 114 Å². The average molecular weight is 269 g/mol. The second-order valence-corrected chi connectivity index (χ2v) is 4.44. The van der Waals surface area contributed by atoms with E-state index in [1.165, 1.54) is 6.07 Å². The molecular weight excluding hydrogens is 257 g/mol. The zero-order chi connectivity index (χ0) is 14.1. The number of aromatic amines is 1. The number of fused-ring (bicyclic) bond motifs is 1. The Hall–Kier alpha value is -2.53. The van der Waals surface area contributed by atoms with Crippen molar-refractivity contribution in [3.05, 3.63) is 64.3 Å². The molecule has 3 N–H and O–H groups in total. The monoisotopic (exact) mass is 269 g/mol. The van der Waals surface area contributed by atoms with Crippen molar-refractivity contribution >= 4 is 10.8 Å². The van der Waals surface area contributed by atoms with Crippen LogP contribution >= 0.6 is 0 Å². The number of halogens is 1. The molecule has 0 fully saturated rings.